The maximum absolute atomic E-state index is 11.6. The second-order valence-corrected chi connectivity index (χ2v) is 5.08. The molecule has 136 valence electrons. The van der Waals surface area contributed by atoms with Crippen LogP contribution in [0.2, 0.25) is 0 Å². The summed E-state index contributed by atoms with van der Waals surface area (Å²) in [7, 11) is 0. The van der Waals surface area contributed by atoms with Gasteiger partial charge < -0.3 is 45.6 Å². The number of hydrogen-bond donors (Lipinski definition) is 8. The molecule has 0 aromatic rings. The normalized spacial score (nSPS) is 22.1. The molecule has 8 N–H and O–H groups in total. The molecule has 0 bridgehead atoms. The predicted octanol–water partition coefficient (Wildman–Crippen LogP) is -4.45. The molecule has 0 rings (SSSR count). The average molecular weight is 342 g/mol. The van der Waals surface area contributed by atoms with E-state index in [-0.39, 0.29) is 0 Å². The molecule has 0 aliphatic rings. The number of carbonyl (C=O) groups is 2. The van der Waals surface area contributed by atoms with Crippen LogP contribution in [-0.2, 0) is 14.3 Å². The summed E-state index contributed by atoms with van der Waals surface area (Å²) >= 11 is 0. The molecule has 0 unspecified atom stereocenters. The highest BCUT2D eigenvalue weighted by atomic mass is 16.6. The van der Waals surface area contributed by atoms with Gasteiger partial charge in [-0.25, -0.2) is 9.59 Å². The van der Waals surface area contributed by atoms with E-state index in [1.165, 1.54) is 0 Å². The van der Waals surface area contributed by atoms with E-state index in [0.29, 0.717) is 0 Å². The molecule has 0 saturated heterocycles. The molecule has 0 radical (unpaired) electrons. The first-order valence-corrected chi connectivity index (χ1v) is 6.61. The molecular formula is C12H22O11. The molecule has 0 aliphatic carbocycles. The van der Waals surface area contributed by atoms with Crippen LogP contribution < -0.4 is 0 Å². The van der Waals surface area contributed by atoms with Gasteiger partial charge in [-0.05, 0) is 13.8 Å². The Morgan fingerprint density at radius 2 is 1.13 bits per heavy atom. The Balaban J connectivity index is 5.02. The van der Waals surface area contributed by atoms with Crippen LogP contribution in [0.15, 0.2) is 0 Å². The molecule has 0 heterocycles. The van der Waals surface area contributed by atoms with Crippen molar-refractivity contribution in [3.05, 3.63) is 0 Å². The fourth-order valence-electron chi connectivity index (χ4n) is 1.54. The zero-order chi connectivity index (χ0) is 18.5. The fourth-order valence-corrected chi connectivity index (χ4v) is 1.54. The van der Waals surface area contributed by atoms with Gasteiger partial charge in [0.05, 0.1) is 12.2 Å². The summed E-state index contributed by atoms with van der Waals surface area (Å²) in [5.41, 5.74) is 0. The number of rotatable bonds is 9. The van der Waals surface area contributed by atoms with E-state index in [0.717, 1.165) is 13.8 Å². The van der Waals surface area contributed by atoms with Gasteiger partial charge >= 0.3 is 11.9 Å². The number of ether oxygens (including phenoxy) is 1. The minimum atomic E-state index is -2.42. The molecular weight excluding hydrogens is 320 g/mol. The summed E-state index contributed by atoms with van der Waals surface area (Å²) in [4.78, 5) is 22.6. The van der Waals surface area contributed by atoms with Crippen LogP contribution in [0.25, 0.3) is 0 Å². The first-order chi connectivity index (χ1) is 10.4. The van der Waals surface area contributed by atoms with Crippen molar-refractivity contribution < 1.29 is 55.2 Å². The number of carboxylic acid groups (broad SMARTS) is 1. The second-order valence-electron chi connectivity index (χ2n) is 5.08. The Labute approximate surface area is 131 Å². The highest BCUT2D eigenvalue weighted by Gasteiger charge is 2.41. The lowest BCUT2D eigenvalue weighted by molar-refractivity contribution is -0.193. The van der Waals surface area contributed by atoms with Crippen LogP contribution >= 0.6 is 0 Å². The topological polar surface area (TPSA) is 205 Å². The smallest absolute Gasteiger partial charge is 0.347 e. The van der Waals surface area contributed by atoms with Gasteiger partial charge in [-0.2, -0.15) is 0 Å². The molecule has 0 amide bonds. The summed E-state index contributed by atoms with van der Waals surface area (Å²) in [6.45, 7) is 2.11. The first-order valence-electron chi connectivity index (χ1n) is 6.61. The van der Waals surface area contributed by atoms with Crippen molar-refractivity contribution in [2.45, 2.75) is 62.7 Å². The Morgan fingerprint density at radius 1 is 0.739 bits per heavy atom. The molecule has 8 atom stereocenters. The van der Waals surface area contributed by atoms with E-state index < -0.39 is 60.8 Å². The number of carbonyl (C=O) groups excluding carboxylic acids is 1. The van der Waals surface area contributed by atoms with Crippen molar-refractivity contribution in [3.8, 4) is 0 Å². The minimum absolute atomic E-state index is 1.05. The summed E-state index contributed by atoms with van der Waals surface area (Å²) in [6.07, 6.45) is -16.1. The number of hydrogen-bond acceptors (Lipinski definition) is 10. The lowest BCUT2D eigenvalue weighted by Gasteiger charge is -2.28. The highest BCUT2D eigenvalue weighted by Crippen LogP contribution is 2.12. The van der Waals surface area contributed by atoms with E-state index in [1.54, 1.807) is 0 Å². The van der Waals surface area contributed by atoms with Gasteiger partial charge in [0.1, 0.15) is 24.4 Å². The zero-order valence-corrected chi connectivity index (χ0v) is 12.4. The molecule has 0 aliphatic heterocycles. The summed E-state index contributed by atoms with van der Waals surface area (Å²) in [5.74, 6) is -3.61. The van der Waals surface area contributed by atoms with Crippen LogP contribution in [0.1, 0.15) is 13.8 Å². The lowest BCUT2D eigenvalue weighted by atomic mass is 10.0. The van der Waals surface area contributed by atoms with E-state index in [4.69, 9.17) is 15.3 Å². The van der Waals surface area contributed by atoms with Crippen LogP contribution in [0, 0.1) is 0 Å². The Morgan fingerprint density at radius 3 is 1.48 bits per heavy atom. The maximum atomic E-state index is 11.6. The van der Waals surface area contributed by atoms with Crippen LogP contribution in [0.5, 0.6) is 0 Å². The molecule has 0 saturated carbocycles. The first kappa shape index (κ1) is 21.7. The van der Waals surface area contributed by atoms with Gasteiger partial charge in [-0.15, -0.1) is 0 Å². The zero-order valence-electron chi connectivity index (χ0n) is 12.4. The molecule has 23 heavy (non-hydrogen) atoms. The molecule has 0 fully saturated rings. The van der Waals surface area contributed by atoms with E-state index in [9.17, 15) is 35.1 Å². The summed E-state index contributed by atoms with van der Waals surface area (Å²) in [5, 5.41) is 74.3. The summed E-state index contributed by atoms with van der Waals surface area (Å²) < 4.78 is 4.30. The Bertz CT molecular complexity index is 396. The standard InChI is InChI=1S/C12H22O11/c1-3(13)5(15)7(17)9(19)12(22)23-10(11(20)21)8(18)6(16)4(2)14/h3-10,13-19H,1-2H3,(H,20,21)/t3-,4+,5+,6+,7-,8+,9-,10-/m1/s1. The number of carboxylic acids is 1. The molecule has 11 heteroatoms. The van der Waals surface area contributed by atoms with Crippen molar-refractivity contribution in [2.75, 3.05) is 0 Å². The molecule has 11 nitrogen and oxygen atoms in total. The quantitative estimate of drug-likeness (QED) is 0.188. The molecule has 0 spiro atoms. The summed E-state index contributed by atoms with van der Waals surface area (Å²) in [6, 6.07) is 0. The van der Waals surface area contributed by atoms with Crippen molar-refractivity contribution in [3.63, 3.8) is 0 Å². The lowest BCUT2D eigenvalue weighted by Crippen LogP contribution is -2.52. The van der Waals surface area contributed by atoms with Crippen molar-refractivity contribution in [2.24, 2.45) is 0 Å². The van der Waals surface area contributed by atoms with Gasteiger partial charge in [-0.3, -0.25) is 0 Å². The fraction of sp³-hybridized carbons (Fsp3) is 0.833. The van der Waals surface area contributed by atoms with Crippen molar-refractivity contribution in [1.29, 1.82) is 0 Å². The number of aliphatic hydroxyl groups excluding tert-OH is 7. The number of aliphatic carboxylic acids is 1. The molecule has 0 aromatic heterocycles. The van der Waals surface area contributed by atoms with Crippen LogP contribution in [0.3, 0.4) is 0 Å². The predicted molar refractivity (Wildman–Crippen MR) is 70.9 cm³/mol. The largest absolute Gasteiger partial charge is 0.478 e. The Kier molecular flexibility index (Phi) is 8.55. The average Bonchev–Trinajstić information content (AvgIpc) is 2.47. The van der Waals surface area contributed by atoms with E-state index >= 15 is 0 Å². The monoisotopic (exact) mass is 342 g/mol. The second kappa shape index (κ2) is 9.08. The van der Waals surface area contributed by atoms with Gasteiger partial charge in [-0.1, -0.05) is 0 Å². The third-order valence-corrected chi connectivity index (χ3v) is 3.05. The number of esters is 1. The van der Waals surface area contributed by atoms with Crippen LogP contribution in [-0.4, -0.2) is 102 Å². The van der Waals surface area contributed by atoms with Crippen molar-refractivity contribution in [1.82, 2.24) is 0 Å². The highest BCUT2D eigenvalue weighted by molar-refractivity contribution is 5.81. The van der Waals surface area contributed by atoms with Crippen LogP contribution in [0.4, 0.5) is 0 Å². The third-order valence-electron chi connectivity index (χ3n) is 3.05. The van der Waals surface area contributed by atoms with E-state index in [1.807, 2.05) is 0 Å². The van der Waals surface area contributed by atoms with Gasteiger partial charge in [0, 0.05) is 0 Å². The Hall–Kier alpha value is -1.34. The van der Waals surface area contributed by atoms with Gasteiger partial charge in [0.2, 0.25) is 6.10 Å². The molecule has 0 aromatic carbocycles. The number of aliphatic hydroxyl groups is 7. The van der Waals surface area contributed by atoms with Crippen molar-refractivity contribution >= 4 is 11.9 Å². The van der Waals surface area contributed by atoms with Gasteiger partial charge in [0.25, 0.3) is 0 Å². The minimum Gasteiger partial charge on any atom is -0.478 e. The van der Waals surface area contributed by atoms with E-state index in [2.05, 4.69) is 4.74 Å². The SMILES string of the molecule is C[C@H](O)[C@H](O)[C@H](O)[C@@H](OC(=O)[C@H](O)[C@H](O)[C@@H](O)[C@@H](C)O)C(=O)O. The third kappa shape index (κ3) is 5.99. The maximum Gasteiger partial charge on any atom is 0.347 e. The van der Waals surface area contributed by atoms with Gasteiger partial charge in [0.15, 0.2) is 6.10 Å².